The van der Waals surface area contributed by atoms with Gasteiger partial charge in [-0.25, -0.2) is 8.78 Å². The number of piperazine rings is 1. The fourth-order valence-electron chi connectivity index (χ4n) is 3.71. The molecule has 0 radical (unpaired) electrons. The van der Waals surface area contributed by atoms with Crippen molar-refractivity contribution in [1.82, 2.24) is 25.3 Å². The van der Waals surface area contributed by atoms with Crippen LogP contribution in [0.5, 0.6) is 0 Å². The Morgan fingerprint density at radius 1 is 1.19 bits per heavy atom. The van der Waals surface area contributed by atoms with Crippen molar-refractivity contribution in [2.75, 3.05) is 60.4 Å². The van der Waals surface area contributed by atoms with Crippen LogP contribution in [0, 0.1) is 11.6 Å². The molecular formula is C21H33F2IN6O. The van der Waals surface area contributed by atoms with Crippen LogP contribution in [0.15, 0.2) is 23.2 Å². The Balaban J connectivity index is 0.00000341. The second-order valence-corrected chi connectivity index (χ2v) is 8.15. The summed E-state index contributed by atoms with van der Waals surface area (Å²) in [5.41, 5.74) is 0.0527. The molecule has 1 aromatic carbocycles. The van der Waals surface area contributed by atoms with Gasteiger partial charge in [0, 0.05) is 51.4 Å². The maximum absolute atomic E-state index is 14.3. The zero-order chi connectivity index (χ0) is 21.7. The first-order chi connectivity index (χ1) is 14.4. The summed E-state index contributed by atoms with van der Waals surface area (Å²) in [6.07, 6.45) is 2.18. The molecule has 2 aliphatic rings. The summed E-state index contributed by atoms with van der Waals surface area (Å²) in [4.78, 5) is 22.4. The number of benzene rings is 1. The molecule has 1 aromatic rings. The van der Waals surface area contributed by atoms with E-state index < -0.39 is 17.7 Å². The number of rotatable bonds is 7. The molecule has 1 heterocycles. The Kier molecular flexibility index (Phi) is 9.89. The number of amides is 1. The maximum atomic E-state index is 14.3. The molecule has 1 amide bonds. The summed E-state index contributed by atoms with van der Waals surface area (Å²) in [6, 6.07) is 3.84. The Bertz CT molecular complexity index is 746. The van der Waals surface area contributed by atoms with E-state index in [0.29, 0.717) is 25.1 Å². The van der Waals surface area contributed by atoms with E-state index in [1.165, 1.54) is 18.2 Å². The van der Waals surface area contributed by atoms with Crippen LogP contribution in [0.25, 0.3) is 0 Å². The second-order valence-electron chi connectivity index (χ2n) is 8.15. The van der Waals surface area contributed by atoms with Crippen molar-refractivity contribution in [1.29, 1.82) is 0 Å². The van der Waals surface area contributed by atoms with Gasteiger partial charge in [0.25, 0.3) is 0 Å². The average molecular weight is 550 g/mol. The van der Waals surface area contributed by atoms with Crippen molar-refractivity contribution in [2.24, 2.45) is 4.99 Å². The lowest BCUT2D eigenvalue weighted by Gasteiger charge is -2.37. The highest BCUT2D eigenvalue weighted by Gasteiger charge is 2.27. The van der Waals surface area contributed by atoms with E-state index in [4.69, 9.17) is 0 Å². The smallest absolute Gasteiger partial charge is 0.234 e. The van der Waals surface area contributed by atoms with Crippen molar-refractivity contribution in [3.63, 3.8) is 0 Å². The number of carbonyl (C=O) groups excluding carboxylic acids is 1. The molecule has 0 spiro atoms. The molecule has 1 aliphatic heterocycles. The van der Waals surface area contributed by atoms with E-state index in [1.807, 2.05) is 0 Å². The molecule has 1 aliphatic carbocycles. The lowest BCUT2D eigenvalue weighted by molar-refractivity contribution is -0.122. The molecule has 31 heavy (non-hydrogen) atoms. The normalized spacial score (nSPS) is 18.5. The molecule has 1 atom stereocenters. The topological polar surface area (TPSA) is 63.2 Å². The van der Waals surface area contributed by atoms with Gasteiger partial charge in [-0.1, -0.05) is 6.07 Å². The van der Waals surface area contributed by atoms with E-state index in [1.54, 1.807) is 26.0 Å². The molecule has 2 N–H and O–H groups in total. The zero-order valence-electron chi connectivity index (χ0n) is 18.4. The highest BCUT2D eigenvalue weighted by Crippen LogP contribution is 2.24. The molecule has 3 rings (SSSR count). The number of aliphatic imine (C=N–C) groups is 1. The molecule has 0 aromatic heterocycles. The SMILES string of the molecule is CN=C(NCC(c1c(F)cccc1F)N(C)C)N1CCN(CC(=O)NC2CC2)CC1.I. The van der Waals surface area contributed by atoms with Gasteiger partial charge in [-0.15, -0.1) is 24.0 Å². The van der Waals surface area contributed by atoms with Crippen LogP contribution >= 0.6 is 24.0 Å². The number of hydrogen-bond donors (Lipinski definition) is 2. The third-order valence-corrected chi connectivity index (χ3v) is 5.60. The molecule has 1 saturated heterocycles. The molecule has 7 nitrogen and oxygen atoms in total. The van der Waals surface area contributed by atoms with E-state index >= 15 is 0 Å². The van der Waals surface area contributed by atoms with Gasteiger partial charge in [-0.3, -0.25) is 14.7 Å². The highest BCUT2D eigenvalue weighted by molar-refractivity contribution is 14.0. The molecule has 10 heteroatoms. The van der Waals surface area contributed by atoms with E-state index in [2.05, 4.69) is 25.4 Å². The largest absolute Gasteiger partial charge is 0.354 e. The first-order valence-corrected chi connectivity index (χ1v) is 10.5. The van der Waals surface area contributed by atoms with Gasteiger partial charge >= 0.3 is 0 Å². The molecule has 0 bridgehead atoms. The average Bonchev–Trinajstić information content (AvgIpc) is 3.51. The van der Waals surface area contributed by atoms with Crippen LogP contribution in [0.2, 0.25) is 0 Å². The van der Waals surface area contributed by atoms with E-state index in [9.17, 15) is 13.6 Å². The van der Waals surface area contributed by atoms with Gasteiger partial charge in [0.1, 0.15) is 11.6 Å². The van der Waals surface area contributed by atoms with Gasteiger partial charge in [0.05, 0.1) is 12.6 Å². The van der Waals surface area contributed by atoms with Gasteiger partial charge < -0.3 is 20.4 Å². The standard InChI is InChI=1S/C21H32F2N6O.HI/c1-24-21(25-13-18(27(2)3)20-16(22)5-4-6-17(20)23)29-11-9-28(10-12-29)14-19(30)26-15-7-8-15;/h4-6,15,18H,7-14H2,1-3H3,(H,24,25)(H,26,30);1H. The lowest BCUT2D eigenvalue weighted by atomic mass is 10.0. The predicted molar refractivity (Wildman–Crippen MR) is 129 cm³/mol. The minimum atomic E-state index is -0.552. The number of hydrogen-bond acceptors (Lipinski definition) is 4. The molecule has 1 saturated carbocycles. The molecular weight excluding hydrogens is 517 g/mol. The highest BCUT2D eigenvalue weighted by atomic mass is 127. The maximum Gasteiger partial charge on any atom is 0.234 e. The summed E-state index contributed by atoms with van der Waals surface area (Å²) < 4.78 is 28.6. The van der Waals surface area contributed by atoms with Gasteiger partial charge in [-0.2, -0.15) is 0 Å². The molecule has 1 unspecified atom stereocenters. The minimum absolute atomic E-state index is 0. The van der Waals surface area contributed by atoms with Crippen molar-refractivity contribution in [2.45, 2.75) is 24.9 Å². The second kappa shape index (κ2) is 11.9. The Morgan fingerprint density at radius 2 is 1.81 bits per heavy atom. The summed E-state index contributed by atoms with van der Waals surface area (Å²) in [5, 5.41) is 6.28. The third kappa shape index (κ3) is 7.25. The number of guanidine groups is 1. The summed E-state index contributed by atoms with van der Waals surface area (Å²) in [6.45, 7) is 3.73. The van der Waals surface area contributed by atoms with Crippen LogP contribution in [-0.2, 0) is 4.79 Å². The molecule has 174 valence electrons. The lowest BCUT2D eigenvalue weighted by Crippen LogP contribution is -2.54. The summed E-state index contributed by atoms with van der Waals surface area (Å²) >= 11 is 0. The Hall–Kier alpha value is -1.53. The monoisotopic (exact) mass is 550 g/mol. The van der Waals surface area contributed by atoms with Crippen molar-refractivity contribution >= 4 is 35.8 Å². The van der Waals surface area contributed by atoms with Gasteiger partial charge in [-0.05, 0) is 39.1 Å². The van der Waals surface area contributed by atoms with Crippen LogP contribution < -0.4 is 10.6 Å². The predicted octanol–water partition coefficient (Wildman–Crippen LogP) is 1.66. The van der Waals surface area contributed by atoms with Crippen molar-refractivity contribution in [3.05, 3.63) is 35.4 Å². The van der Waals surface area contributed by atoms with Crippen LogP contribution in [-0.4, -0.2) is 93.0 Å². The number of halogens is 3. The number of nitrogens with zero attached hydrogens (tertiary/aromatic N) is 4. The van der Waals surface area contributed by atoms with E-state index in [0.717, 1.165) is 39.0 Å². The minimum Gasteiger partial charge on any atom is -0.354 e. The van der Waals surface area contributed by atoms with Crippen molar-refractivity contribution < 1.29 is 13.6 Å². The quantitative estimate of drug-likeness (QED) is 0.308. The van der Waals surface area contributed by atoms with E-state index in [-0.39, 0.29) is 35.4 Å². The number of nitrogens with one attached hydrogen (secondary N) is 2. The van der Waals surface area contributed by atoms with Crippen LogP contribution in [0.4, 0.5) is 8.78 Å². The number of likely N-dealkylation sites (N-methyl/N-ethyl adjacent to an activating group) is 1. The van der Waals surface area contributed by atoms with Crippen molar-refractivity contribution in [3.8, 4) is 0 Å². The Labute approximate surface area is 200 Å². The summed E-state index contributed by atoms with van der Waals surface area (Å²) in [7, 11) is 5.30. The zero-order valence-corrected chi connectivity index (χ0v) is 20.7. The van der Waals surface area contributed by atoms with Gasteiger partial charge in [0.15, 0.2) is 5.96 Å². The first kappa shape index (κ1) is 25.7. The fourth-order valence-corrected chi connectivity index (χ4v) is 3.71. The molecule has 2 fully saturated rings. The number of carbonyl (C=O) groups is 1. The third-order valence-electron chi connectivity index (χ3n) is 5.60. The Morgan fingerprint density at radius 3 is 2.32 bits per heavy atom. The fraction of sp³-hybridized carbons (Fsp3) is 0.619. The van der Waals surface area contributed by atoms with Crippen LogP contribution in [0.1, 0.15) is 24.4 Å². The van der Waals surface area contributed by atoms with Crippen LogP contribution in [0.3, 0.4) is 0 Å². The van der Waals surface area contributed by atoms with Gasteiger partial charge in [0.2, 0.25) is 5.91 Å². The first-order valence-electron chi connectivity index (χ1n) is 10.5. The summed E-state index contributed by atoms with van der Waals surface area (Å²) in [5.74, 6) is -0.318.